The van der Waals surface area contributed by atoms with Gasteiger partial charge in [0.25, 0.3) is 5.56 Å². The average Bonchev–Trinajstić information content (AvgIpc) is 2.67. The van der Waals surface area contributed by atoms with Crippen molar-refractivity contribution >= 4 is 10.8 Å². The van der Waals surface area contributed by atoms with E-state index >= 15 is 0 Å². The lowest BCUT2D eigenvalue weighted by molar-refractivity contribution is 0.0938. The van der Waals surface area contributed by atoms with Crippen LogP contribution >= 0.6 is 0 Å². The van der Waals surface area contributed by atoms with Gasteiger partial charge in [-0.15, -0.1) is 0 Å². The van der Waals surface area contributed by atoms with Gasteiger partial charge in [0.15, 0.2) is 0 Å². The molecule has 5 heteroatoms. The van der Waals surface area contributed by atoms with E-state index in [4.69, 9.17) is 4.74 Å². The summed E-state index contributed by atoms with van der Waals surface area (Å²) in [6, 6.07) is 14.2. The van der Waals surface area contributed by atoms with Crippen LogP contribution in [-0.2, 0) is 24.3 Å². The maximum absolute atomic E-state index is 12.5. The molecule has 0 spiro atoms. The van der Waals surface area contributed by atoms with Crippen molar-refractivity contribution in [2.45, 2.75) is 40.3 Å². The van der Waals surface area contributed by atoms with Crippen molar-refractivity contribution in [2.75, 3.05) is 6.61 Å². The zero-order valence-electron chi connectivity index (χ0n) is 16.6. The first-order valence-electron chi connectivity index (χ1n) is 9.54. The fraction of sp³-hybridized carbons (Fsp3) is 0.304. The van der Waals surface area contributed by atoms with E-state index in [1.54, 1.807) is 4.57 Å². The van der Waals surface area contributed by atoms with E-state index < -0.39 is 5.69 Å². The number of allylic oxidation sites excluding steroid dienone is 1. The Bertz CT molecular complexity index is 1110. The van der Waals surface area contributed by atoms with E-state index in [9.17, 15) is 9.59 Å². The highest BCUT2D eigenvalue weighted by Gasteiger charge is 2.15. The van der Waals surface area contributed by atoms with Crippen LogP contribution in [0.4, 0.5) is 0 Å². The van der Waals surface area contributed by atoms with E-state index in [1.807, 2.05) is 51.1 Å². The Morgan fingerprint density at radius 3 is 2.61 bits per heavy atom. The van der Waals surface area contributed by atoms with Gasteiger partial charge in [0, 0.05) is 17.7 Å². The quantitative estimate of drug-likeness (QED) is 0.503. The van der Waals surface area contributed by atoms with Gasteiger partial charge in [-0.1, -0.05) is 61.0 Å². The fourth-order valence-corrected chi connectivity index (χ4v) is 3.36. The maximum atomic E-state index is 12.5. The molecule has 0 saturated carbocycles. The number of benzene rings is 2. The van der Waals surface area contributed by atoms with Crippen LogP contribution in [0.3, 0.4) is 0 Å². The summed E-state index contributed by atoms with van der Waals surface area (Å²) >= 11 is 0. The van der Waals surface area contributed by atoms with Gasteiger partial charge in [-0.3, -0.25) is 14.3 Å². The Morgan fingerprint density at radius 2 is 1.86 bits per heavy atom. The van der Waals surface area contributed by atoms with E-state index in [1.165, 1.54) is 0 Å². The lowest BCUT2D eigenvalue weighted by Gasteiger charge is -2.16. The Balaban J connectivity index is 2.06. The van der Waals surface area contributed by atoms with Gasteiger partial charge in [0.1, 0.15) is 6.73 Å². The normalized spacial score (nSPS) is 11.0. The molecule has 0 saturated heterocycles. The SMILES string of the molecule is CCc1c(Cc2cccc3ccccc23)n(COCC=C(C)C)c(=O)[nH]c1=O. The highest BCUT2D eigenvalue weighted by Crippen LogP contribution is 2.22. The van der Waals surface area contributed by atoms with Crippen molar-refractivity contribution in [1.29, 1.82) is 0 Å². The molecule has 2 aromatic carbocycles. The summed E-state index contributed by atoms with van der Waals surface area (Å²) in [5.41, 5.74) is 2.82. The highest BCUT2D eigenvalue weighted by molar-refractivity contribution is 5.85. The second kappa shape index (κ2) is 8.85. The van der Waals surface area contributed by atoms with Gasteiger partial charge in [0.2, 0.25) is 0 Å². The second-order valence-corrected chi connectivity index (χ2v) is 7.06. The van der Waals surface area contributed by atoms with Gasteiger partial charge >= 0.3 is 5.69 Å². The summed E-state index contributed by atoms with van der Waals surface area (Å²) in [6.07, 6.45) is 3.00. The molecule has 0 radical (unpaired) electrons. The first-order chi connectivity index (χ1) is 13.5. The number of rotatable bonds is 7. The number of aromatic amines is 1. The molecular weight excluding hydrogens is 352 g/mol. The molecule has 3 aromatic rings. The molecule has 0 aliphatic carbocycles. The second-order valence-electron chi connectivity index (χ2n) is 7.06. The van der Waals surface area contributed by atoms with Crippen LogP contribution in [0, 0.1) is 0 Å². The van der Waals surface area contributed by atoms with Crippen LogP contribution in [-0.4, -0.2) is 16.2 Å². The number of nitrogens with one attached hydrogen (secondary N) is 1. The van der Waals surface area contributed by atoms with E-state index in [0.29, 0.717) is 30.7 Å². The molecule has 0 aliphatic rings. The molecule has 1 aromatic heterocycles. The third-order valence-corrected chi connectivity index (χ3v) is 4.84. The molecule has 28 heavy (non-hydrogen) atoms. The van der Waals surface area contributed by atoms with Crippen molar-refractivity contribution in [3.8, 4) is 0 Å². The number of H-pyrrole nitrogens is 1. The van der Waals surface area contributed by atoms with Gasteiger partial charge < -0.3 is 4.74 Å². The summed E-state index contributed by atoms with van der Waals surface area (Å²) in [4.78, 5) is 27.3. The molecule has 146 valence electrons. The van der Waals surface area contributed by atoms with Gasteiger partial charge in [-0.05, 0) is 36.6 Å². The molecule has 0 aliphatic heterocycles. The minimum absolute atomic E-state index is 0.104. The number of hydrogen-bond donors (Lipinski definition) is 1. The van der Waals surface area contributed by atoms with Crippen LogP contribution in [0.1, 0.15) is 37.6 Å². The lowest BCUT2D eigenvalue weighted by atomic mass is 9.98. The number of nitrogens with zero attached hydrogens (tertiary/aromatic N) is 1. The summed E-state index contributed by atoms with van der Waals surface area (Å²) in [5, 5.41) is 2.26. The van der Waals surface area contributed by atoms with Crippen molar-refractivity contribution in [3.05, 3.63) is 91.8 Å². The largest absolute Gasteiger partial charge is 0.357 e. The van der Waals surface area contributed by atoms with E-state index in [2.05, 4.69) is 23.2 Å². The molecule has 0 fully saturated rings. The number of fused-ring (bicyclic) bond motifs is 1. The summed E-state index contributed by atoms with van der Waals surface area (Å²) in [6.45, 7) is 6.44. The van der Waals surface area contributed by atoms with Crippen molar-refractivity contribution in [1.82, 2.24) is 9.55 Å². The molecule has 0 amide bonds. The van der Waals surface area contributed by atoms with E-state index in [0.717, 1.165) is 21.9 Å². The zero-order chi connectivity index (χ0) is 20.1. The molecule has 1 N–H and O–H groups in total. The summed E-state index contributed by atoms with van der Waals surface area (Å²) < 4.78 is 7.22. The van der Waals surface area contributed by atoms with Gasteiger partial charge in [-0.25, -0.2) is 4.79 Å². The number of ether oxygens (including phenoxy) is 1. The average molecular weight is 378 g/mol. The molecule has 0 atom stereocenters. The van der Waals surface area contributed by atoms with Crippen LogP contribution in [0.25, 0.3) is 10.8 Å². The Kier molecular flexibility index (Phi) is 6.26. The minimum atomic E-state index is -0.436. The van der Waals surface area contributed by atoms with Gasteiger partial charge in [-0.2, -0.15) is 0 Å². The fourth-order valence-electron chi connectivity index (χ4n) is 3.36. The van der Waals surface area contributed by atoms with Crippen molar-refractivity contribution in [3.63, 3.8) is 0 Å². The predicted octanol–water partition coefficient (Wildman–Crippen LogP) is 3.78. The Morgan fingerprint density at radius 1 is 1.11 bits per heavy atom. The monoisotopic (exact) mass is 378 g/mol. The molecule has 1 heterocycles. The molecule has 5 nitrogen and oxygen atoms in total. The maximum Gasteiger partial charge on any atom is 0.330 e. The van der Waals surface area contributed by atoms with Crippen LogP contribution < -0.4 is 11.2 Å². The predicted molar refractivity (Wildman–Crippen MR) is 113 cm³/mol. The summed E-state index contributed by atoms with van der Waals surface area (Å²) in [5.74, 6) is 0. The summed E-state index contributed by atoms with van der Waals surface area (Å²) in [7, 11) is 0. The molecule has 0 unspecified atom stereocenters. The van der Waals surface area contributed by atoms with E-state index in [-0.39, 0.29) is 12.3 Å². The standard InChI is InChI=1S/C23H26N2O3/c1-4-19-21(14-18-10-7-9-17-8-5-6-11-20(17)18)25(23(27)24-22(19)26)15-28-13-12-16(2)3/h5-12H,4,13-15H2,1-3H3,(H,24,26,27). The minimum Gasteiger partial charge on any atom is -0.357 e. The Hall–Kier alpha value is -2.92. The first-order valence-corrected chi connectivity index (χ1v) is 9.54. The van der Waals surface area contributed by atoms with Crippen LogP contribution in [0.5, 0.6) is 0 Å². The highest BCUT2D eigenvalue weighted by atomic mass is 16.5. The smallest absolute Gasteiger partial charge is 0.330 e. The van der Waals surface area contributed by atoms with Gasteiger partial charge in [0.05, 0.1) is 6.61 Å². The van der Waals surface area contributed by atoms with Crippen molar-refractivity contribution in [2.24, 2.45) is 0 Å². The first kappa shape index (κ1) is 19.8. The molecule has 3 rings (SSSR count). The number of hydrogen-bond acceptors (Lipinski definition) is 3. The Labute approximate surface area is 164 Å². The molecular formula is C23H26N2O3. The topological polar surface area (TPSA) is 64.1 Å². The third kappa shape index (κ3) is 4.31. The third-order valence-electron chi connectivity index (χ3n) is 4.84. The lowest BCUT2D eigenvalue weighted by Crippen LogP contribution is -2.36. The molecule has 0 bridgehead atoms. The number of aromatic nitrogens is 2. The zero-order valence-corrected chi connectivity index (χ0v) is 16.6. The van der Waals surface area contributed by atoms with Crippen LogP contribution in [0.15, 0.2) is 63.7 Å². The van der Waals surface area contributed by atoms with Crippen molar-refractivity contribution < 1.29 is 4.74 Å². The van der Waals surface area contributed by atoms with Crippen LogP contribution in [0.2, 0.25) is 0 Å².